The molecule has 0 fully saturated rings. The van der Waals surface area contributed by atoms with E-state index in [0.29, 0.717) is 11.5 Å². The van der Waals surface area contributed by atoms with Crippen LogP contribution >= 0.6 is 0 Å². The lowest BCUT2D eigenvalue weighted by molar-refractivity contribution is 0.0719. The average Bonchev–Trinajstić information content (AvgIpc) is 2.55. The Morgan fingerprint density at radius 3 is 2.64 bits per heavy atom. The normalized spacial score (nSPS) is 12.2. The lowest BCUT2D eigenvalue weighted by Gasteiger charge is -2.27. The van der Waals surface area contributed by atoms with Crippen molar-refractivity contribution in [3.05, 3.63) is 53.9 Å². The number of carbonyl (C=O) groups excluding carboxylic acids is 1. The van der Waals surface area contributed by atoms with E-state index in [2.05, 4.69) is 21.9 Å². The zero-order valence-electron chi connectivity index (χ0n) is 13.5. The van der Waals surface area contributed by atoms with Crippen LogP contribution in [0.25, 0.3) is 0 Å². The van der Waals surface area contributed by atoms with Gasteiger partial charge in [-0.2, -0.15) is 0 Å². The van der Waals surface area contributed by atoms with Gasteiger partial charge in [-0.25, -0.2) is 9.97 Å². The molecule has 0 aliphatic heterocycles. The van der Waals surface area contributed by atoms with E-state index < -0.39 is 0 Å². The molecule has 22 heavy (non-hydrogen) atoms. The Labute approximate surface area is 131 Å². The van der Waals surface area contributed by atoms with Gasteiger partial charge in [-0.3, -0.25) is 9.78 Å². The van der Waals surface area contributed by atoms with Gasteiger partial charge in [-0.15, -0.1) is 0 Å². The topological polar surface area (TPSA) is 59.0 Å². The van der Waals surface area contributed by atoms with Crippen molar-refractivity contribution in [1.29, 1.82) is 0 Å². The van der Waals surface area contributed by atoms with E-state index in [0.717, 1.165) is 12.0 Å². The van der Waals surface area contributed by atoms with E-state index in [1.807, 2.05) is 26.0 Å². The molecule has 2 aromatic rings. The summed E-state index contributed by atoms with van der Waals surface area (Å²) in [6.07, 6.45) is 6.00. The molecule has 0 aliphatic carbocycles. The summed E-state index contributed by atoms with van der Waals surface area (Å²) >= 11 is 0. The van der Waals surface area contributed by atoms with Crippen LogP contribution in [0.5, 0.6) is 0 Å². The van der Waals surface area contributed by atoms with Gasteiger partial charge in [0.05, 0.1) is 6.04 Å². The van der Waals surface area contributed by atoms with E-state index in [9.17, 15) is 4.79 Å². The Hall–Kier alpha value is -2.30. The molecule has 1 atom stereocenters. The van der Waals surface area contributed by atoms with Crippen LogP contribution < -0.4 is 0 Å². The Balaban J connectivity index is 2.26. The van der Waals surface area contributed by atoms with E-state index in [1.54, 1.807) is 36.6 Å². The van der Waals surface area contributed by atoms with E-state index in [1.165, 1.54) is 0 Å². The van der Waals surface area contributed by atoms with Crippen molar-refractivity contribution in [3.63, 3.8) is 0 Å². The molecule has 0 spiro atoms. The first-order valence-corrected chi connectivity index (χ1v) is 7.54. The van der Waals surface area contributed by atoms with Gasteiger partial charge in [-0.05, 0) is 24.1 Å². The fourth-order valence-corrected chi connectivity index (χ4v) is 2.40. The van der Waals surface area contributed by atoms with Crippen LogP contribution in [0.4, 0.5) is 0 Å². The zero-order valence-corrected chi connectivity index (χ0v) is 13.5. The summed E-state index contributed by atoms with van der Waals surface area (Å²) in [7, 11) is 1.81. The summed E-state index contributed by atoms with van der Waals surface area (Å²) in [4.78, 5) is 27.2. The lowest BCUT2D eigenvalue weighted by atomic mass is 10.0. The predicted octanol–water partition coefficient (Wildman–Crippen LogP) is 3.22. The summed E-state index contributed by atoms with van der Waals surface area (Å²) in [6, 6.07) is 5.53. The van der Waals surface area contributed by atoms with Crippen LogP contribution in [-0.4, -0.2) is 32.8 Å². The second kappa shape index (κ2) is 7.11. The van der Waals surface area contributed by atoms with E-state index in [-0.39, 0.29) is 17.9 Å². The molecule has 0 N–H and O–H groups in total. The summed E-state index contributed by atoms with van der Waals surface area (Å²) in [5.41, 5.74) is 1.46. The molecule has 116 valence electrons. The quantitative estimate of drug-likeness (QED) is 0.850. The zero-order chi connectivity index (χ0) is 16.1. The minimum absolute atomic E-state index is 0.0151. The summed E-state index contributed by atoms with van der Waals surface area (Å²) < 4.78 is 0. The summed E-state index contributed by atoms with van der Waals surface area (Å²) in [5.74, 6) is 0.784. The van der Waals surface area contributed by atoms with Crippen molar-refractivity contribution in [2.24, 2.45) is 0 Å². The molecule has 0 radical (unpaired) electrons. The third kappa shape index (κ3) is 3.47. The van der Waals surface area contributed by atoms with Gasteiger partial charge in [0.15, 0.2) is 0 Å². The minimum Gasteiger partial charge on any atom is -0.333 e. The van der Waals surface area contributed by atoms with Crippen LogP contribution in [-0.2, 0) is 0 Å². The smallest absolute Gasteiger partial charge is 0.272 e. The molecule has 0 aromatic carbocycles. The van der Waals surface area contributed by atoms with Crippen molar-refractivity contribution in [2.45, 2.75) is 39.2 Å². The number of hydrogen-bond donors (Lipinski definition) is 0. The maximum atomic E-state index is 12.7. The van der Waals surface area contributed by atoms with Gasteiger partial charge >= 0.3 is 0 Å². The van der Waals surface area contributed by atoms with Gasteiger partial charge in [0.25, 0.3) is 5.91 Å². The van der Waals surface area contributed by atoms with Crippen molar-refractivity contribution in [1.82, 2.24) is 19.9 Å². The number of rotatable bonds is 5. The molecule has 2 rings (SSSR count). The highest BCUT2D eigenvalue weighted by molar-refractivity contribution is 5.92. The largest absolute Gasteiger partial charge is 0.333 e. The van der Waals surface area contributed by atoms with E-state index in [4.69, 9.17) is 0 Å². The molecular formula is C17H22N4O. The number of pyridine rings is 1. The molecule has 2 heterocycles. The molecule has 0 bridgehead atoms. The molecule has 0 saturated carbocycles. The molecule has 0 aliphatic rings. The molecular weight excluding hydrogens is 276 g/mol. The first-order valence-electron chi connectivity index (χ1n) is 7.54. The van der Waals surface area contributed by atoms with Crippen LogP contribution in [0.3, 0.4) is 0 Å². The number of amides is 1. The lowest BCUT2D eigenvalue weighted by Crippen LogP contribution is -2.32. The fraction of sp³-hybridized carbons (Fsp3) is 0.412. The third-order valence-electron chi connectivity index (χ3n) is 3.65. The number of hydrogen-bond acceptors (Lipinski definition) is 4. The van der Waals surface area contributed by atoms with Crippen molar-refractivity contribution >= 4 is 5.91 Å². The number of carbonyl (C=O) groups is 1. The van der Waals surface area contributed by atoms with Gasteiger partial charge in [-0.1, -0.05) is 26.8 Å². The monoisotopic (exact) mass is 298 g/mol. The Morgan fingerprint density at radius 2 is 2.05 bits per heavy atom. The van der Waals surface area contributed by atoms with Gasteiger partial charge in [0.2, 0.25) is 0 Å². The third-order valence-corrected chi connectivity index (χ3v) is 3.65. The Bertz CT molecular complexity index is 628. The SMILES string of the molecule is CCC(c1cccnc1)N(C)C(=O)c1ccnc(C(C)C)n1. The Kier molecular flexibility index (Phi) is 5.20. The summed E-state index contributed by atoms with van der Waals surface area (Å²) in [5, 5.41) is 0. The van der Waals surface area contributed by atoms with Crippen LogP contribution in [0.15, 0.2) is 36.8 Å². The summed E-state index contributed by atoms with van der Waals surface area (Å²) in [6.45, 7) is 6.08. The maximum Gasteiger partial charge on any atom is 0.272 e. The van der Waals surface area contributed by atoms with Gasteiger partial charge < -0.3 is 4.90 Å². The van der Waals surface area contributed by atoms with Crippen molar-refractivity contribution in [3.8, 4) is 0 Å². The predicted molar refractivity (Wildman–Crippen MR) is 85.5 cm³/mol. The Morgan fingerprint density at radius 1 is 1.27 bits per heavy atom. The highest BCUT2D eigenvalue weighted by Gasteiger charge is 2.23. The van der Waals surface area contributed by atoms with Gasteiger partial charge in [0, 0.05) is 31.6 Å². The molecule has 2 aromatic heterocycles. The molecule has 1 unspecified atom stereocenters. The molecule has 0 saturated heterocycles. The van der Waals surface area contributed by atoms with Crippen LogP contribution in [0.2, 0.25) is 0 Å². The average molecular weight is 298 g/mol. The number of aromatic nitrogens is 3. The molecule has 1 amide bonds. The molecule has 5 heteroatoms. The second-order valence-corrected chi connectivity index (χ2v) is 5.58. The molecule has 5 nitrogen and oxygen atoms in total. The highest BCUT2D eigenvalue weighted by Crippen LogP contribution is 2.23. The van der Waals surface area contributed by atoms with Crippen molar-refractivity contribution < 1.29 is 4.79 Å². The fourth-order valence-electron chi connectivity index (χ4n) is 2.40. The number of nitrogens with zero attached hydrogens (tertiary/aromatic N) is 4. The highest BCUT2D eigenvalue weighted by atomic mass is 16.2. The standard InChI is InChI=1S/C17H22N4O/c1-5-15(13-7-6-9-18-11-13)21(4)17(22)14-8-10-19-16(20-14)12(2)3/h6-12,15H,5H2,1-4H3. The van der Waals surface area contributed by atoms with E-state index >= 15 is 0 Å². The van der Waals surface area contributed by atoms with Crippen LogP contribution in [0, 0.1) is 0 Å². The minimum atomic E-state index is -0.0972. The maximum absolute atomic E-state index is 12.7. The van der Waals surface area contributed by atoms with Gasteiger partial charge in [0.1, 0.15) is 11.5 Å². The van der Waals surface area contributed by atoms with Crippen molar-refractivity contribution in [2.75, 3.05) is 7.05 Å². The first kappa shape index (κ1) is 16.1. The first-order chi connectivity index (χ1) is 10.5. The van der Waals surface area contributed by atoms with Crippen LogP contribution in [0.1, 0.15) is 61.0 Å². The second-order valence-electron chi connectivity index (χ2n) is 5.58.